The van der Waals surface area contributed by atoms with E-state index in [4.69, 9.17) is 0 Å². The first-order chi connectivity index (χ1) is 15.6. The number of aromatic nitrogens is 1. The van der Waals surface area contributed by atoms with E-state index < -0.39 is 0 Å². The predicted octanol–water partition coefficient (Wildman–Crippen LogP) is 2.26. The molecule has 32 heavy (non-hydrogen) atoms. The zero-order valence-electron chi connectivity index (χ0n) is 18.5. The molecule has 2 aliphatic heterocycles. The van der Waals surface area contributed by atoms with Crippen molar-refractivity contribution in [1.82, 2.24) is 19.7 Å². The Hall–Kier alpha value is -2.93. The van der Waals surface area contributed by atoms with Gasteiger partial charge in [0.2, 0.25) is 5.91 Å². The van der Waals surface area contributed by atoms with Crippen molar-refractivity contribution < 1.29 is 9.59 Å². The second-order valence-electron chi connectivity index (χ2n) is 8.80. The first-order valence-corrected chi connectivity index (χ1v) is 11.6. The molecule has 1 atom stereocenters. The molecule has 3 heterocycles. The van der Waals surface area contributed by atoms with Crippen LogP contribution in [0.25, 0.3) is 0 Å². The Labute approximate surface area is 189 Å². The number of carbonyl (C=O) groups excluding carboxylic acids is 2. The number of rotatable bonds is 7. The number of hydrogen-bond donors (Lipinski definition) is 1. The van der Waals surface area contributed by atoms with E-state index in [2.05, 4.69) is 10.2 Å². The van der Waals surface area contributed by atoms with Gasteiger partial charge in [-0.25, -0.2) is 0 Å². The van der Waals surface area contributed by atoms with Gasteiger partial charge in [-0.1, -0.05) is 30.3 Å². The molecule has 170 valence electrons. The molecule has 1 aromatic carbocycles. The highest BCUT2D eigenvalue weighted by molar-refractivity contribution is 5.93. The highest BCUT2D eigenvalue weighted by atomic mass is 16.2. The maximum Gasteiger partial charge on any atom is 0.253 e. The molecule has 2 fully saturated rings. The SMILES string of the molecule is O=C(NCc1ccccc1)c1ccc(=O)n(CC(=O)N2CCCC[C@H]2CN2CCCC2)c1. The van der Waals surface area contributed by atoms with E-state index in [-0.39, 0.29) is 30.0 Å². The Balaban J connectivity index is 1.40. The largest absolute Gasteiger partial charge is 0.348 e. The summed E-state index contributed by atoms with van der Waals surface area (Å²) in [7, 11) is 0. The molecule has 2 saturated heterocycles. The van der Waals surface area contributed by atoms with E-state index in [1.54, 1.807) is 0 Å². The van der Waals surface area contributed by atoms with Gasteiger partial charge in [-0.15, -0.1) is 0 Å². The van der Waals surface area contributed by atoms with Crippen LogP contribution in [-0.4, -0.2) is 58.4 Å². The van der Waals surface area contributed by atoms with Gasteiger partial charge in [0.05, 0.1) is 5.56 Å². The molecule has 4 rings (SSSR count). The Morgan fingerprint density at radius 2 is 1.69 bits per heavy atom. The van der Waals surface area contributed by atoms with Crippen LogP contribution in [0.4, 0.5) is 0 Å². The Morgan fingerprint density at radius 1 is 0.938 bits per heavy atom. The molecule has 2 amide bonds. The van der Waals surface area contributed by atoms with Gasteiger partial charge in [-0.05, 0) is 56.8 Å². The lowest BCUT2D eigenvalue weighted by Crippen LogP contribution is -2.50. The van der Waals surface area contributed by atoms with Crippen LogP contribution >= 0.6 is 0 Å². The van der Waals surface area contributed by atoms with Crippen molar-refractivity contribution in [2.75, 3.05) is 26.2 Å². The second kappa shape index (κ2) is 10.6. The monoisotopic (exact) mass is 436 g/mol. The average molecular weight is 437 g/mol. The number of hydrogen-bond acceptors (Lipinski definition) is 4. The highest BCUT2D eigenvalue weighted by Gasteiger charge is 2.29. The first kappa shape index (κ1) is 22.3. The summed E-state index contributed by atoms with van der Waals surface area (Å²) in [6.45, 7) is 4.25. The van der Waals surface area contributed by atoms with Gasteiger partial charge in [-0.2, -0.15) is 0 Å². The van der Waals surface area contributed by atoms with Crippen LogP contribution in [-0.2, 0) is 17.9 Å². The Kier molecular flexibility index (Phi) is 7.37. The first-order valence-electron chi connectivity index (χ1n) is 11.6. The number of piperidine rings is 1. The quantitative estimate of drug-likeness (QED) is 0.723. The van der Waals surface area contributed by atoms with Crippen molar-refractivity contribution >= 4 is 11.8 Å². The van der Waals surface area contributed by atoms with E-state index >= 15 is 0 Å². The lowest BCUT2D eigenvalue weighted by atomic mass is 10.0. The molecular formula is C25H32N4O3. The molecule has 1 N–H and O–H groups in total. The van der Waals surface area contributed by atoms with Gasteiger partial charge in [-0.3, -0.25) is 14.4 Å². The molecule has 0 aliphatic carbocycles. The van der Waals surface area contributed by atoms with E-state index in [0.717, 1.165) is 51.0 Å². The smallest absolute Gasteiger partial charge is 0.253 e. The molecule has 7 heteroatoms. The fraction of sp³-hybridized carbons (Fsp3) is 0.480. The third-order valence-electron chi connectivity index (χ3n) is 6.46. The van der Waals surface area contributed by atoms with Crippen LogP contribution in [0, 0.1) is 0 Å². The third-order valence-corrected chi connectivity index (χ3v) is 6.46. The van der Waals surface area contributed by atoms with Crippen molar-refractivity contribution in [3.8, 4) is 0 Å². The zero-order chi connectivity index (χ0) is 22.3. The number of amides is 2. The number of nitrogens with one attached hydrogen (secondary N) is 1. The summed E-state index contributed by atoms with van der Waals surface area (Å²) in [4.78, 5) is 42.5. The molecule has 0 unspecified atom stereocenters. The number of likely N-dealkylation sites (tertiary alicyclic amines) is 2. The van der Waals surface area contributed by atoms with Crippen molar-refractivity contribution in [2.24, 2.45) is 0 Å². The molecule has 7 nitrogen and oxygen atoms in total. The molecular weight excluding hydrogens is 404 g/mol. The number of pyridine rings is 1. The summed E-state index contributed by atoms with van der Waals surface area (Å²) in [6, 6.07) is 12.7. The minimum absolute atomic E-state index is 0.0326. The Morgan fingerprint density at radius 3 is 2.47 bits per heavy atom. The number of carbonyl (C=O) groups is 2. The van der Waals surface area contributed by atoms with Gasteiger partial charge in [0.1, 0.15) is 6.54 Å². The number of benzene rings is 1. The summed E-state index contributed by atoms with van der Waals surface area (Å²) in [6.07, 6.45) is 7.11. The van der Waals surface area contributed by atoms with Crippen molar-refractivity contribution in [1.29, 1.82) is 0 Å². The van der Waals surface area contributed by atoms with Gasteiger partial charge < -0.3 is 19.7 Å². The molecule has 0 spiro atoms. The van der Waals surface area contributed by atoms with E-state index in [1.807, 2.05) is 35.2 Å². The van der Waals surface area contributed by atoms with E-state index in [0.29, 0.717) is 12.1 Å². The summed E-state index contributed by atoms with van der Waals surface area (Å²) in [5, 5.41) is 2.87. The summed E-state index contributed by atoms with van der Waals surface area (Å²) in [5.74, 6) is -0.308. The van der Waals surface area contributed by atoms with Crippen LogP contribution < -0.4 is 10.9 Å². The maximum atomic E-state index is 13.1. The molecule has 0 bridgehead atoms. The van der Waals surface area contributed by atoms with Crippen molar-refractivity contribution in [3.05, 3.63) is 70.1 Å². The fourth-order valence-electron chi connectivity index (χ4n) is 4.69. The van der Waals surface area contributed by atoms with Crippen LogP contribution in [0.5, 0.6) is 0 Å². The van der Waals surface area contributed by atoms with E-state index in [9.17, 15) is 14.4 Å². The van der Waals surface area contributed by atoms with Crippen LogP contribution in [0.15, 0.2) is 53.5 Å². The van der Waals surface area contributed by atoms with Crippen LogP contribution in [0.2, 0.25) is 0 Å². The molecule has 1 aromatic heterocycles. The third kappa shape index (κ3) is 5.65. The average Bonchev–Trinajstić information content (AvgIpc) is 3.33. The fourth-order valence-corrected chi connectivity index (χ4v) is 4.69. The van der Waals surface area contributed by atoms with Gasteiger partial charge in [0, 0.05) is 37.9 Å². The molecule has 0 radical (unpaired) electrons. The lowest BCUT2D eigenvalue weighted by molar-refractivity contribution is -0.136. The molecule has 0 saturated carbocycles. The van der Waals surface area contributed by atoms with Gasteiger partial charge >= 0.3 is 0 Å². The normalized spacial score (nSPS) is 19.1. The summed E-state index contributed by atoms with van der Waals surface area (Å²) >= 11 is 0. The minimum Gasteiger partial charge on any atom is -0.348 e. The minimum atomic E-state index is -0.272. The van der Waals surface area contributed by atoms with Crippen LogP contribution in [0.1, 0.15) is 48.0 Å². The van der Waals surface area contributed by atoms with Crippen molar-refractivity contribution in [2.45, 2.75) is 51.2 Å². The van der Waals surface area contributed by atoms with Crippen molar-refractivity contribution in [3.63, 3.8) is 0 Å². The summed E-state index contributed by atoms with van der Waals surface area (Å²) < 4.78 is 1.36. The molecule has 2 aromatic rings. The maximum absolute atomic E-state index is 13.1. The standard InChI is InChI=1S/C25H32N4O3/c30-23-12-11-21(25(32)26-16-20-8-2-1-3-9-20)17-28(23)19-24(31)29-15-5-4-10-22(29)18-27-13-6-7-14-27/h1-3,8-9,11-12,17,22H,4-7,10,13-16,18-19H2,(H,26,32)/t22-/m0/s1. The molecule has 2 aliphatic rings. The lowest BCUT2D eigenvalue weighted by Gasteiger charge is -2.38. The van der Waals surface area contributed by atoms with Crippen LogP contribution in [0.3, 0.4) is 0 Å². The second-order valence-corrected chi connectivity index (χ2v) is 8.80. The van der Waals surface area contributed by atoms with Gasteiger partial charge in [0.15, 0.2) is 0 Å². The zero-order valence-corrected chi connectivity index (χ0v) is 18.5. The topological polar surface area (TPSA) is 74.6 Å². The van der Waals surface area contributed by atoms with Gasteiger partial charge in [0.25, 0.3) is 11.5 Å². The Bertz CT molecular complexity index is 982. The number of nitrogens with zero attached hydrogens (tertiary/aromatic N) is 3. The predicted molar refractivity (Wildman–Crippen MR) is 123 cm³/mol. The highest BCUT2D eigenvalue weighted by Crippen LogP contribution is 2.20. The van der Waals surface area contributed by atoms with E-state index in [1.165, 1.54) is 35.7 Å². The summed E-state index contributed by atoms with van der Waals surface area (Å²) in [5.41, 5.74) is 1.10.